The summed E-state index contributed by atoms with van der Waals surface area (Å²) in [4.78, 5) is 48.2. The van der Waals surface area contributed by atoms with E-state index in [1.165, 1.54) is 41.8 Å². The molecule has 1 aliphatic rings. The summed E-state index contributed by atoms with van der Waals surface area (Å²) in [5, 5.41) is 17.2. The molecule has 2 aromatic rings. The van der Waals surface area contributed by atoms with Crippen molar-refractivity contribution < 1.29 is 24.0 Å². The highest BCUT2D eigenvalue weighted by atomic mass is 32.1. The summed E-state index contributed by atoms with van der Waals surface area (Å²) >= 11 is 1.28. The van der Waals surface area contributed by atoms with Gasteiger partial charge in [0.2, 0.25) is 0 Å². The molecule has 1 aromatic heterocycles. The number of nitrogens with zero attached hydrogens (tertiary/aromatic N) is 2. The Balaban J connectivity index is 1.68. The normalized spacial score (nSPS) is 15.1. The Morgan fingerprint density at radius 2 is 2.00 bits per heavy atom. The second kappa shape index (κ2) is 10.1. The number of thiophene rings is 1. The number of benzene rings is 1. The molecule has 1 heterocycles. The number of non-ortho nitro benzene ring substituents is 1. The van der Waals surface area contributed by atoms with Gasteiger partial charge < -0.3 is 10.1 Å². The van der Waals surface area contributed by atoms with Gasteiger partial charge in [-0.1, -0.05) is 6.92 Å². The molecule has 32 heavy (non-hydrogen) atoms. The lowest BCUT2D eigenvalue weighted by Gasteiger charge is -2.18. The first-order chi connectivity index (χ1) is 15.3. The molecule has 3 rings (SSSR count). The molecule has 0 aliphatic heterocycles. The molecule has 1 aliphatic carbocycles. The molecule has 11 heteroatoms. The van der Waals surface area contributed by atoms with Crippen LogP contribution in [0.1, 0.15) is 46.6 Å². The van der Waals surface area contributed by atoms with Crippen molar-refractivity contribution in [3.63, 3.8) is 0 Å². The highest BCUT2D eigenvalue weighted by molar-refractivity contribution is 7.17. The maximum atomic E-state index is 12.5. The molecular formula is C21H22N4O6S. The standard InChI is InChI=1S/C21H22N4O6S/c1-3-31-21(28)17-15-9-4-12(2)10-16(15)32-20(17)23-18(26)19(27)24-22-11-13-5-7-14(8-6-13)25(29)30/h5-8,11-12H,3-4,9-10H2,1-2H3,(H,23,26)(H,24,27)/b22-11+. The number of amides is 2. The first-order valence-corrected chi connectivity index (χ1v) is 10.8. The molecule has 2 N–H and O–H groups in total. The van der Waals surface area contributed by atoms with Crippen molar-refractivity contribution in [2.45, 2.75) is 33.1 Å². The Morgan fingerprint density at radius 1 is 1.28 bits per heavy atom. The molecular weight excluding hydrogens is 436 g/mol. The fourth-order valence-corrected chi connectivity index (χ4v) is 4.71. The van der Waals surface area contributed by atoms with Crippen LogP contribution < -0.4 is 10.7 Å². The molecule has 1 aromatic carbocycles. The summed E-state index contributed by atoms with van der Waals surface area (Å²) in [5.41, 5.74) is 3.72. The lowest BCUT2D eigenvalue weighted by Crippen LogP contribution is -2.32. The van der Waals surface area contributed by atoms with Crippen LogP contribution in [-0.2, 0) is 27.2 Å². The van der Waals surface area contributed by atoms with Crippen molar-refractivity contribution in [3.8, 4) is 0 Å². The number of ether oxygens (including phenoxy) is 1. The second-order valence-corrected chi connectivity index (χ2v) is 8.38. The fourth-order valence-electron chi connectivity index (χ4n) is 3.32. The Morgan fingerprint density at radius 3 is 2.66 bits per heavy atom. The highest BCUT2D eigenvalue weighted by Crippen LogP contribution is 2.40. The van der Waals surface area contributed by atoms with Crippen LogP contribution in [0.4, 0.5) is 10.7 Å². The zero-order chi connectivity index (χ0) is 23.3. The quantitative estimate of drug-likeness (QED) is 0.224. The van der Waals surface area contributed by atoms with E-state index in [9.17, 15) is 24.5 Å². The van der Waals surface area contributed by atoms with Crippen LogP contribution in [0, 0.1) is 16.0 Å². The molecule has 10 nitrogen and oxygen atoms in total. The highest BCUT2D eigenvalue weighted by Gasteiger charge is 2.30. The van der Waals surface area contributed by atoms with Crippen LogP contribution in [0.15, 0.2) is 29.4 Å². The van der Waals surface area contributed by atoms with Crippen LogP contribution in [-0.4, -0.2) is 35.5 Å². The summed E-state index contributed by atoms with van der Waals surface area (Å²) in [7, 11) is 0. The molecule has 0 saturated carbocycles. The molecule has 0 spiro atoms. The third-order valence-electron chi connectivity index (χ3n) is 4.91. The van der Waals surface area contributed by atoms with E-state index in [0.29, 0.717) is 28.5 Å². The minimum absolute atomic E-state index is 0.0731. The number of nitrogens with one attached hydrogen (secondary N) is 2. The SMILES string of the molecule is CCOC(=O)c1c(NC(=O)C(=O)N/N=C/c2ccc([N+](=O)[O-])cc2)sc2c1CCC(C)C2. The first kappa shape index (κ1) is 23.1. The largest absolute Gasteiger partial charge is 0.462 e. The van der Waals surface area contributed by atoms with Gasteiger partial charge in [0.15, 0.2) is 0 Å². The molecule has 0 bridgehead atoms. The molecule has 1 atom stereocenters. The first-order valence-electron chi connectivity index (χ1n) is 10.0. The van der Waals surface area contributed by atoms with Crippen molar-refractivity contribution in [3.05, 3.63) is 55.9 Å². The molecule has 168 valence electrons. The van der Waals surface area contributed by atoms with E-state index < -0.39 is 22.7 Å². The zero-order valence-electron chi connectivity index (χ0n) is 17.5. The third kappa shape index (κ3) is 5.35. The Kier molecular flexibility index (Phi) is 7.31. The predicted octanol–water partition coefficient (Wildman–Crippen LogP) is 3.05. The number of anilines is 1. The van der Waals surface area contributed by atoms with Gasteiger partial charge in [-0.05, 0) is 55.4 Å². The monoisotopic (exact) mass is 458 g/mol. The number of carbonyl (C=O) groups is 3. The molecule has 1 unspecified atom stereocenters. The average Bonchev–Trinajstić information content (AvgIpc) is 3.10. The number of nitro groups is 1. The van der Waals surface area contributed by atoms with E-state index in [-0.39, 0.29) is 12.3 Å². The van der Waals surface area contributed by atoms with Crippen molar-refractivity contribution in [2.75, 3.05) is 11.9 Å². The molecule has 2 amide bonds. The lowest BCUT2D eigenvalue weighted by atomic mass is 9.88. The molecule has 0 saturated heterocycles. The minimum Gasteiger partial charge on any atom is -0.462 e. The van der Waals surface area contributed by atoms with Gasteiger partial charge in [-0.3, -0.25) is 19.7 Å². The maximum Gasteiger partial charge on any atom is 0.341 e. The van der Waals surface area contributed by atoms with Gasteiger partial charge >= 0.3 is 17.8 Å². The van der Waals surface area contributed by atoms with E-state index in [1.807, 2.05) is 0 Å². The number of hydrazone groups is 1. The number of nitro benzene ring substituents is 1. The van der Waals surface area contributed by atoms with Crippen LogP contribution in [0.5, 0.6) is 0 Å². The van der Waals surface area contributed by atoms with E-state index >= 15 is 0 Å². The predicted molar refractivity (Wildman–Crippen MR) is 119 cm³/mol. The van der Waals surface area contributed by atoms with Gasteiger partial charge in [-0.2, -0.15) is 5.10 Å². The van der Waals surface area contributed by atoms with Gasteiger partial charge in [0, 0.05) is 17.0 Å². The number of rotatable bonds is 6. The number of carbonyl (C=O) groups excluding carboxylic acids is 3. The summed E-state index contributed by atoms with van der Waals surface area (Å²) in [5.74, 6) is -2.04. The summed E-state index contributed by atoms with van der Waals surface area (Å²) in [6.45, 7) is 4.03. The van der Waals surface area contributed by atoms with E-state index in [0.717, 1.165) is 23.3 Å². The summed E-state index contributed by atoms with van der Waals surface area (Å²) < 4.78 is 5.15. The number of hydrogen-bond donors (Lipinski definition) is 2. The minimum atomic E-state index is -1.02. The van der Waals surface area contributed by atoms with Crippen LogP contribution in [0.2, 0.25) is 0 Å². The Labute approximate surface area is 187 Å². The van der Waals surface area contributed by atoms with Crippen LogP contribution in [0.3, 0.4) is 0 Å². The summed E-state index contributed by atoms with van der Waals surface area (Å²) in [6.07, 6.45) is 3.70. The van der Waals surface area contributed by atoms with Gasteiger partial charge in [-0.15, -0.1) is 11.3 Å². The van der Waals surface area contributed by atoms with Crippen molar-refractivity contribution >= 4 is 46.0 Å². The number of esters is 1. The van der Waals surface area contributed by atoms with Crippen molar-refractivity contribution in [1.82, 2.24) is 5.43 Å². The van der Waals surface area contributed by atoms with Gasteiger partial charge in [0.25, 0.3) is 5.69 Å². The maximum absolute atomic E-state index is 12.5. The van der Waals surface area contributed by atoms with Crippen LogP contribution >= 0.6 is 11.3 Å². The molecule has 0 radical (unpaired) electrons. The second-order valence-electron chi connectivity index (χ2n) is 7.28. The Bertz CT molecular complexity index is 1080. The summed E-state index contributed by atoms with van der Waals surface area (Å²) in [6, 6.07) is 5.51. The zero-order valence-corrected chi connectivity index (χ0v) is 18.4. The van der Waals surface area contributed by atoms with E-state index in [2.05, 4.69) is 22.8 Å². The number of hydrogen-bond acceptors (Lipinski definition) is 8. The van der Waals surface area contributed by atoms with Crippen molar-refractivity contribution in [2.24, 2.45) is 11.0 Å². The van der Waals surface area contributed by atoms with Gasteiger partial charge in [-0.25, -0.2) is 10.2 Å². The van der Waals surface area contributed by atoms with Gasteiger partial charge in [0.05, 0.1) is 23.3 Å². The topological polar surface area (TPSA) is 140 Å². The number of fused-ring (bicyclic) bond motifs is 1. The lowest BCUT2D eigenvalue weighted by molar-refractivity contribution is -0.384. The van der Waals surface area contributed by atoms with Gasteiger partial charge in [0.1, 0.15) is 5.00 Å². The van der Waals surface area contributed by atoms with E-state index in [1.54, 1.807) is 6.92 Å². The average molecular weight is 458 g/mol. The third-order valence-corrected chi connectivity index (χ3v) is 6.08. The smallest absolute Gasteiger partial charge is 0.341 e. The molecule has 0 fully saturated rings. The van der Waals surface area contributed by atoms with Crippen molar-refractivity contribution in [1.29, 1.82) is 0 Å². The van der Waals surface area contributed by atoms with Crippen LogP contribution in [0.25, 0.3) is 0 Å². The Hall–Kier alpha value is -3.60. The fraction of sp³-hybridized carbons (Fsp3) is 0.333. The van der Waals surface area contributed by atoms with E-state index in [4.69, 9.17) is 4.74 Å².